The molecule has 1 aliphatic carbocycles. The Morgan fingerprint density at radius 1 is 1.20 bits per heavy atom. The van der Waals surface area contributed by atoms with Crippen molar-refractivity contribution in [2.45, 2.75) is 62.4 Å². The number of hydrogen-bond donors (Lipinski definition) is 2. The van der Waals surface area contributed by atoms with Crippen LogP contribution < -0.4 is 4.74 Å². The second-order valence-electron chi connectivity index (χ2n) is 9.57. The molecule has 2 aliphatic heterocycles. The van der Waals surface area contributed by atoms with Gasteiger partial charge in [-0.05, 0) is 49.3 Å². The number of aryl methyl sites for hydroxylation is 2. The van der Waals surface area contributed by atoms with E-state index in [4.69, 9.17) is 40.5 Å². The number of H-pyrrole nitrogens is 1. The fourth-order valence-corrected chi connectivity index (χ4v) is 5.64. The third-order valence-corrected chi connectivity index (χ3v) is 7.51. The first-order valence-electron chi connectivity index (χ1n) is 12.2. The molecule has 0 radical (unpaired) electrons. The van der Waals surface area contributed by atoms with Gasteiger partial charge >= 0.3 is 0 Å². The molecule has 3 aromatic heterocycles. The molecule has 9 nitrogen and oxygen atoms in total. The largest absolute Gasteiger partial charge is 0.456 e. The number of aromatic amines is 1. The quantitative estimate of drug-likeness (QED) is 0.454. The van der Waals surface area contributed by atoms with Crippen LogP contribution in [-0.4, -0.2) is 76.4 Å². The minimum absolute atomic E-state index is 0.254. The Kier molecular flexibility index (Phi) is 6.36. The van der Waals surface area contributed by atoms with Gasteiger partial charge in [-0.2, -0.15) is 4.98 Å². The van der Waals surface area contributed by atoms with Gasteiger partial charge in [0, 0.05) is 31.5 Å². The number of aliphatic hydroxyl groups is 1. The van der Waals surface area contributed by atoms with E-state index in [0.717, 1.165) is 43.7 Å². The van der Waals surface area contributed by atoms with E-state index in [1.54, 1.807) is 7.11 Å². The predicted octanol–water partition coefficient (Wildman–Crippen LogP) is 2.76. The molecule has 0 aromatic carbocycles. The van der Waals surface area contributed by atoms with Gasteiger partial charge in [-0.25, -0.2) is 4.98 Å². The van der Waals surface area contributed by atoms with E-state index in [-0.39, 0.29) is 30.8 Å². The monoisotopic (exact) mass is 500 g/mol. The number of nitrogens with zero attached hydrogens (tertiary/aromatic N) is 3. The number of halogens is 1. The molecule has 3 aromatic rings. The topological polar surface area (TPSA) is 112 Å². The van der Waals surface area contributed by atoms with Crippen LogP contribution in [0.3, 0.4) is 0 Å². The minimum Gasteiger partial charge on any atom is -0.456 e. The van der Waals surface area contributed by atoms with E-state index >= 15 is 0 Å². The number of aromatic nitrogens is 4. The molecule has 35 heavy (non-hydrogen) atoms. The van der Waals surface area contributed by atoms with Crippen molar-refractivity contribution in [1.29, 1.82) is 0 Å². The normalized spacial score (nSPS) is 27.5. The summed E-state index contributed by atoms with van der Waals surface area (Å²) >= 11 is 6.62. The Balaban J connectivity index is 1.16. The Hall–Kier alpha value is -2.30. The van der Waals surface area contributed by atoms with Crippen molar-refractivity contribution >= 4 is 22.8 Å². The zero-order valence-electron chi connectivity index (χ0n) is 19.6. The highest BCUT2D eigenvalue weighted by Crippen LogP contribution is 2.36. The molecule has 2 fully saturated rings. The van der Waals surface area contributed by atoms with Crippen molar-refractivity contribution in [3.8, 4) is 6.01 Å². The maximum Gasteiger partial charge on any atom is 0.296 e. The summed E-state index contributed by atoms with van der Waals surface area (Å²) in [5.41, 5.74) is 5.82. The zero-order valence-corrected chi connectivity index (χ0v) is 20.3. The van der Waals surface area contributed by atoms with E-state index in [1.807, 2.05) is 12.3 Å². The maximum absolute atomic E-state index is 9.93. The molecule has 2 saturated heterocycles. The number of hydrogen-bond acceptors (Lipinski definition) is 8. The molecule has 5 atom stereocenters. The number of pyridine rings is 2. The highest BCUT2D eigenvalue weighted by molar-refractivity contribution is 6.31. The van der Waals surface area contributed by atoms with E-state index in [2.05, 4.69) is 16.0 Å². The lowest BCUT2D eigenvalue weighted by Crippen LogP contribution is -2.34. The first kappa shape index (κ1) is 23.1. The summed E-state index contributed by atoms with van der Waals surface area (Å²) in [6.07, 6.45) is 5.12. The summed E-state index contributed by atoms with van der Waals surface area (Å²) < 4.78 is 22.4. The standard InChI is InChI=1S/C25H29ClN4O5/c1-32-6-2-3-13-7-14-4-5-15(21(14)27-10-13)8-17-16(26)9-18-24(28-17)30-25(29-18)35-20-12-34-22-19(31)11-33-23(20)22/h7,9-10,15,19-20,22-23,31H,2-6,8,11-12H2,1H3,(H,28,29,30)/t15?,19-,20-,22-,23-/m1/s1. The zero-order chi connectivity index (χ0) is 23.9. The van der Waals surface area contributed by atoms with Gasteiger partial charge in [-0.3, -0.25) is 4.98 Å². The number of methoxy groups -OCH3 is 1. The van der Waals surface area contributed by atoms with Crippen molar-refractivity contribution < 1.29 is 24.1 Å². The van der Waals surface area contributed by atoms with Crippen LogP contribution in [0.15, 0.2) is 18.3 Å². The summed E-state index contributed by atoms with van der Waals surface area (Å²) in [4.78, 5) is 17.2. The lowest BCUT2D eigenvalue weighted by molar-refractivity contribution is 0.00706. The van der Waals surface area contributed by atoms with E-state index in [0.29, 0.717) is 35.2 Å². The average Bonchev–Trinajstić information content (AvgIpc) is 3.61. The Bertz CT molecular complexity index is 1220. The van der Waals surface area contributed by atoms with Crippen molar-refractivity contribution in [2.24, 2.45) is 0 Å². The molecule has 0 spiro atoms. The second-order valence-corrected chi connectivity index (χ2v) is 9.98. The van der Waals surface area contributed by atoms with Crippen LogP contribution in [0.2, 0.25) is 5.02 Å². The molecule has 0 saturated carbocycles. The molecule has 6 rings (SSSR count). The molecular weight excluding hydrogens is 472 g/mol. The van der Waals surface area contributed by atoms with Crippen LogP contribution in [0.5, 0.6) is 6.01 Å². The number of aliphatic hydroxyl groups excluding tert-OH is 1. The summed E-state index contributed by atoms with van der Waals surface area (Å²) in [7, 11) is 1.73. The number of ether oxygens (including phenoxy) is 4. The van der Waals surface area contributed by atoms with Gasteiger partial charge in [0.25, 0.3) is 6.01 Å². The van der Waals surface area contributed by atoms with Crippen LogP contribution in [0.4, 0.5) is 0 Å². The van der Waals surface area contributed by atoms with Crippen LogP contribution >= 0.6 is 11.6 Å². The van der Waals surface area contributed by atoms with Gasteiger partial charge in [0.05, 0.1) is 29.4 Å². The maximum atomic E-state index is 9.93. The Morgan fingerprint density at radius 2 is 2.09 bits per heavy atom. The van der Waals surface area contributed by atoms with Crippen molar-refractivity contribution in [1.82, 2.24) is 19.9 Å². The molecule has 1 unspecified atom stereocenters. The van der Waals surface area contributed by atoms with Crippen molar-refractivity contribution in [2.75, 3.05) is 26.9 Å². The smallest absolute Gasteiger partial charge is 0.296 e. The fourth-order valence-electron chi connectivity index (χ4n) is 5.41. The highest BCUT2D eigenvalue weighted by atomic mass is 35.5. The van der Waals surface area contributed by atoms with E-state index in [1.165, 1.54) is 11.1 Å². The second kappa shape index (κ2) is 9.63. The molecule has 0 bridgehead atoms. The van der Waals surface area contributed by atoms with Crippen LogP contribution in [0.1, 0.15) is 41.3 Å². The molecule has 2 N–H and O–H groups in total. The average molecular weight is 501 g/mol. The predicted molar refractivity (Wildman–Crippen MR) is 128 cm³/mol. The molecular formula is C25H29ClN4O5. The number of fused-ring (bicyclic) bond motifs is 3. The molecule has 186 valence electrons. The van der Waals surface area contributed by atoms with Gasteiger partial charge in [0.15, 0.2) is 11.8 Å². The van der Waals surface area contributed by atoms with Crippen LogP contribution in [0, 0.1) is 0 Å². The number of nitrogens with one attached hydrogen (secondary N) is 1. The van der Waals surface area contributed by atoms with E-state index < -0.39 is 6.10 Å². The van der Waals surface area contributed by atoms with Crippen molar-refractivity contribution in [3.63, 3.8) is 0 Å². The van der Waals surface area contributed by atoms with Crippen LogP contribution in [0.25, 0.3) is 11.2 Å². The lowest BCUT2D eigenvalue weighted by atomic mass is 9.99. The first-order chi connectivity index (χ1) is 17.1. The summed E-state index contributed by atoms with van der Waals surface area (Å²) in [5.74, 6) is 0.286. The van der Waals surface area contributed by atoms with Crippen LogP contribution in [-0.2, 0) is 33.5 Å². The van der Waals surface area contributed by atoms with Gasteiger partial charge in [-0.15, -0.1) is 0 Å². The van der Waals surface area contributed by atoms with E-state index in [9.17, 15) is 5.11 Å². The third-order valence-electron chi connectivity index (χ3n) is 7.18. The van der Waals surface area contributed by atoms with Gasteiger partial charge in [0.1, 0.15) is 18.3 Å². The molecule has 5 heterocycles. The Labute approximate surface area is 208 Å². The summed E-state index contributed by atoms with van der Waals surface area (Å²) in [5, 5.41) is 10.5. The van der Waals surface area contributed by atoms with Gasteiger partial charge in [-0.1, -0.05) is 17.7 Å². The van der Waals surface area contributed by atoms with Gasteiger partial charge < -0.3 is 29.0 Å². The fraction of sp³-hybridized carbons (Fsp3) is 0.560. The molecule has 0 amide bonds. The number of rotatable bonds is 8. The summed E-state index contributed by atoms with van der Waals surface area (Å²) in [6.45, 7) is 1.36. The first-order valence-corrected chi connectivity index (χ1v) is 12.6. The third kappa shape index (κ3) is 4.51. The lowest BCUT2D eigenvalue weighted by Gasteiger charge is -2.15. The minimum atomic E-state index is -0.621. The molecule has 10 heteroatoms. The Morgan fingerprint density at radius 3 is 2.97 bits per heavy atom. The number of imidazole rings is 1. The highest BCUT2D eigenvalue weighted by Gasteiger charge is 2.48. The van der Waals surface area contributed by atoms with Gasteiger partial charge in [0.2, 0.25) is 0 Å². The molecule has 3 aliphatic rings. The SMILES string of the molecule is COCCCc1cnc2c(c1)CCC2Cc1nc2nc(O[C@@H]3CO[C@H]4[C@@H]3OC[C@H]4O)[nH]c2cc1Cl. The van der Waals surface area contributed by atoms with Crippen molar-refractivity contribution in [3.05, 3.63) is 45.9 Å². The summed E-state index contributed by atoms with van der Waals surface area (Å²) in [6, 6.07) is 4.48.